The molecule has 0 aromatic carbocycles. The Morgan fingerprint density at radius 2 is 2.14 bits per heavy atom. The van der Waals surface area contributed by atoms with E-state index in [1.807, 2.05) is 18.7 Å². The monoisotopic (exact) mass is 428 g/mol. The molecule has 0 aromatic heterocycles. The molecule has 1 fully saturated rings. The predicted octanol–water partition coefficient (Wildman–Crippen LogP) is 1.78. The van der Waals surface area contributed by atoms with Crippen molar-refractivity contribution in [3.63, 3.8) is 0 Å². The van der Waals surface area contributed by atoms with Crippen molar-refractivity contribution in [2.24, 2.45) is 10.9 Å². The van der Waals surface area contributed by atoms with Crippen LogP contribution < -0.4 is 10.6 Å². The lowest BCUT2D eigenvalue weighted by atomic mass is 10.1. The Bertz CT molecular complexity index is 339. The number of halogens is 1. The SMILES string of the molecule is CCCNC(=O)CNC(=NC)N1CCSC(C(C)C)C1.I. The average molecular weight is 428 g/mol. The van der Waals surface area contributed by atoms with Crippen LogP contribution in [0, 0.1) is 5.92 Å². The zero-order chi connectivity index (χ0) is 15.0. The van der Waals surface area contributed by atoms with Crippen LogP contribution in [0.25, 0.3) is 0 Å². The van der Waals surface area contributed by atoms with Crippen LogP contribution in [0.15, 0.2) is 4.99 Å². The number of thioether (sulfide) groups is 1. The molecule has 1 atom stereocenters. The maximum absolute atomic E-state index is 11.6. The summed E-state index contributed by atoms with van der Waals surface area (Å²) < 4.78 is 0. The Morgan fingerprint density at radius 3 is 2.71 bits per heavy atom. The van der Waals surface area contributed by atoms with Crippen molar-refractivity contribution < 1.29 is 4.79 Å². The first-order chi connectivity index (χ1) is 9.58. The number of nitrogens with zero attached hydrogens (tertiary/aromatic N) is 2. The zero-order valence-electron chi connectivity index (χ0n) is 13.5. The van der Waals surface area contributed by atoms with Gasteiger partial charge in [0.2, 0.25) is 5.91 Å². The Hall–Kier alpha value is -0.180. The molecule has 0 spiro atoms. The highest BCUT2D eigenvalue weighted by atomic mass is 127. The maximum Gasteiger partial charge on any atom is 0.239 e. The van der Waals surface area contributed by atoms with Crippen molar-refractivity contribution >= 4 is 47.6 Å². The Morgan fingerprint density at radius 1 is 1.43 bits per heavy atom. The molecule has 2 N–H and O–H groups in total. The van der Waals surface area contributed by atoms with Crippen molar-refractivity contribution in [1.29, 1.82) is 0 Å². The van der Waals surface area contributed by atoms with Gasteiger partial charge in [-0.15, -0.1) is 24.0 Å². The minimum atomic E-state index is 0. The van der Waals surface area contributed by atoms with Gasteiger partial charge in [0.25, 0.3) is 0 Å². The molecule has 1 aliphatic rings. The standard InChI is InChI=1S/C14H28N4OS.HI/c1-5-6-16-13(19)9-17-14(15-4)18-7-8-20-12(10-18)11(2)3;/h11-12H,5-10H2,1-4H3,(H,15,17)(H,16,19);1H. The Kier molecular flexibility index (Phi) is 11.3. The number of nitrogens with one attached hydrogen (secondary N) is 2. The highest BCUT2D eigenvalue weighted by Crippen LogP contribution is 2.24. The van der Waals surface area contributed by atoms with Gasteiger partial charge < -0.3 is 15.5 Å². The summed E-state index contributed by atoms with van der Waals surface area (Å²) in [5, 5.41) is 6.66. The summed E-state index contributed by atoms with van der Waals surface area (Å²) in [6, 6.07) is 0. The fourth-order valence-corrected chi connectivity index (χ4v) is 3.39. The third-order valence-corrected chi connectivity index (χ3v) is 4.87. The number of hydrogen-bond donors (Lipinski definition) is 2. The number of amides is 1. The molecule has 0 saturated carbocycles. The molecule has 0 radical (unpaired) electrons. The minimum Gasteiger partial charge on any atom is -0.355 e. The Labute approximate surface area is 150 Å². The number of rotatable bonds is 5. The van der Waals surface area contributed by atoms with Crippen molar-refractivity contribution in [1.82, 2.24) is 15.5 Å². The average Bonchev–Trinajstić information content (AvgIpc) is 2.46. The van der Waals surface area contributed by atoms with E-state index in [-0.39, 0.29) is 29.9 Å². The third kappa shape index (κ3) is 7.58. The molecule has 21 heavy (non-hydrogen) atoms. The number of carbonyl (C=O) groups is 1. The summed E-state index contributed by atoms with van der Waals surface area (Å²) in [4.78, 5) is 18.2. The number of aliphatic imine (C=N–C) groups is 1. The minimum absolute atomic E-state index is 0. The van der Waals surface area contributed by atoms with Gasteiger partial charge in [-0.25, -0.2) is 0 Å². The van der Waals surface area contributed by atoms with E-state index in [1.165, 1.54) is 0 Å². The van der Waals surface area contributed by atoms with Crippen molar-refractivity contribution in [3.05, 3.63) is 0 Å². The summed E-state index contributed by atoms with van der Waals surface area (Å²) in [6.45, 7) is 9.58. The Balaban J connectivity index is 0.00000400. The van der Waals surface area contributed by atoms with Crippen LogP contribution in [0.3, 0.4) is 0 Å². The van der Waals surface area contributed by atoms with Crippen LogP contribution in [-0.2, 0) is 4.79 Å². The van der Waals surface area contributed by atoms with Crippen LogP contribution in [0.4, 0.5) is 0 Å². The van der Waals surface area contributed by atoms with Crippen LogP contribution in [0.2, 0.25) is 0 Å². The normalized spacial score (nSPS) is 19.2. The van der Waals surface area contributed by atoms with Crippen LogP contribution in [0.1, 0.15) is 27.2 Å². The highest BCUT2D eigenvalue weighted by molar-refractivity contribution is 14.0. The first-order valence-electron chi connectivity index (χ1n) is 7.42. The largest absolute Gasteiger partial charge is 0.355 e. The van der Waals surface area contributed by atoms with Gasteiger partial charge in [0.15, 0.2) is 5.96 Å². The van der Waals surface area contributed by atoms with Gasteiger partial charge >= 0.3 is 0 Å². The summed E-state index contributed by atoms with van der Waals surface area (Å²) in [6.07, 6.45) is 0.958. The highest BCUT2D eigenvalue weighted by Gasteiger charge is 2.24. The second-order valence-electron chi connectivity index (χ2n) is 5.35. The summed E-state index contributed by atoms with van der Waals surface area (Å²) in [7, 11) is 1.78. The number of hydrogen-bond acceptors (Lipinski definition) is 3. The number of carbonyl (C=O) groups excluding carboxylic acids is 1. The van der Waals surface area contributed by atoms with E-state index in [9.17, 15) is 4.79 Å². The molecule has 1 amide bonds. The summed E-state index contributed by atoms with van der Waals surface area (Å²) >= 11 is 2.03. The van der Waals surface area contributed by atoms with Crippen molar-refractivity contribution in [2.45, 2.75) is 32.4 Å². The molecule has 5 nitrogen and oxygen atoms in total. The summed E-state index contributed by atoms with van der Waals surface area (Å²) in [5.41, 5.74) is 0. The van der Waals surface area contributed by atoms with E-state index in [0.29, 0.717) is 17.7 Å². The van der Waals surface area contributed by atoms with E-state index >= 15 is 0 Å². The van der Waals surface area contributed by atoms with E-state index in [4.69, 9.17) is 0 Å². The second-order valence-corrected chi connectivity index (χ2v) is 6.70. The lowest BCUT2D eigenvalue weighted by Gasteiger charge is -2.36. The maximum atomic E-state index is 11.6. The lowest BCUT2D eigenvalue weighted by molar-refractivity contribution is -0.120. The van der Waals surface area contributed by atoms with Gasteiger partial charge in [-0.3, -0.25) is 9.79 Å². The molecule has 124 valence electrons. The van der Waals surface area contributed by atoms with E-state index in [1.54, 1.807) is 7.05 Å². The third-order valence-electron chi connectivity index (χ3n) is 3.33. The molecule has 1 unspecified atom stereocenters. The zero-order valence-corrected chi connectivity index (χ0v) is 16.7. The van der Waals surface area contributed by atoms with Crippen LogP contribution >= 0.6 is 35.7 Å². The molecule has 1 aliphatic heterocycles. The fourth-order valence-electron chi connectivity index (χ4n) is 2.09. The quantitative estimate of drug-likeness (QED) is 0.398. The molecule has 1 heterocycles. The molecule has 0 aromatic rings. The second kappa shape index (κ2) is 11.4. The van der Waals surface area contributed by atoms with Gasteiger partial charge in [0.1, 0.15) is 0 Å². The number of guanidine groups is 1. The predicted molar refractivity (Wildman–Crippen MR) is 103 cm³/mol. The smallest absolute Gasteiger partial charge is 0.239 e. The summed E-state index contributed by atoms with van der Waals surface area (Å²) in [5.74, 6) is 2.64. The van der Waals surface area contributed by atoms with Gasteiger partial charge in [-0.2, -0.15) is 11.8 Å². The fraction of sp³-hybridized carbons (Fsp3) is 0.857. The van der Waals surface area contributed by atoms with E-state index < -0.39 is 0 Å². The van der Waals surface area contributed by atoms with Gasteiger partial charge in [-0.1, -0.05) is 20.8 Å². The van der Waals surface area contributed by atoms with Gasteiger partial charge in [0, 0.05) is 37.7 Å². The molecule has 1 saturated heterocycles. The van der Waals surface area contributed by atoms with Gasteiger partial charge in [0.05, 0.1) is 6.54 Å². The van der Waals surface area contributed by atoms with E-state index in [2.05, 4.69) is 34.4 Å². The molecular formula is C14H29IN4OS. The van der Waals surface area contributed by atoms with Crippen LogP contribution in [-0.4, -0.2) is 61.0 Å². The van der Waals surface area contributed by atoms with Gasteiger partial charge in [-0.05, 0) is 12.3 Å². The molecule has 0 aliphatic carbocycles. The van der Waals surface area contributed by atoms with Crippen molar-refractivity contribution in [2.75, 3.05) is 39.0 Å². The lowest BCUT2D eigenvalue weighted by Crippen LogP contribution is -2.50. The first kappa shape index (κ1) is 20.8. The topological polar surface area (TPSA) is 56.7 Å². The molecular weight excluding hydrogens is 399 g/mol. The van der Waals surface area contributed by atoms with E-state index in [0.717, 1.165) is 37.8 Å². The molecule has 0 bridgehead atoms. The van der Waals surface area contributed by atoms with Crippen LogP contribution in [0.5, 0.6) is 0 Å². The molecule has 7 heteroatoms. The van der Waals surface area contributed by atoms with Crippen molar-refractivity contribution in [3.8, 4) is 0 Å². The first-order valence-corrected chi connectivity index (χ1v) is 8.47. The molecule has 1 rings (SSSR count).